The van der Waals surface area contributed by atoms with E-state index in [2.05, 4.69) is 31.3 Å². The smallest absolute Gasteiger partial charge is 0.249 e. The molecule has 392 valence electrons. The molecule has 5 heteroatoms. The summed E-state index contributed by atoms with van der Waals surface area (Å²) in [6.45, 7) is 4.22. The van der Waals surface area contributed by atoms with Crippen molar-refractivity contribution in [2.75, 3.05) is 6.61 Å². The molecule has 0 rings (SSSR count). The van der Waals surface area contributed by atoms with Crippen molar-refractivity contribution < 1.29 is 20.1 Å². The third kappa shape index (κ3) is 50.7. The molecule has 0 heterocycles. The minimum atomic E-state index is -1.10. The lowest BCUT2D eigenvalue weighted by Crippen LogP contribution is -2.48. The van der Waals surface area contributed by atoms with Crippen molar-refractivity contribution in [2.24, 2.45) is 0 Å². The monoisotopic (exact) mass is 930 g/mol. The Morgan fingerprint density at radius 1 is 0.364 bits per heavy atom. The number of aliphatic hydroxyl groups is 3. The van der Waals surface area contributed by atoms with Gasteiger partial charge >= 0.3 is 0 Å². The predicted octanol–water partition coefficient (Wildman–Crippen LogP) is 18.8. The Bertz CT molecular complexity index is 982. The van der Waals surface area contributed by atoms with Crippen molar-refractivity contribution in [1.29, 1.82) is 0 Å². The normalized spacial score (nSPS) is 13.3. The fraction of sp³-hybridized carbons (Fsp3) is 0.918. The van der Waals surface area contributed by atoms with Gasteiger partial charge in [0.1, 0.15) is 6.10 Å². The maximum atomic E-state index is 12.6. The average molecular weight is 931 g/mol. The molecule has 0 aliphatic heterocycles. The Morgan fingerprint density at radius 2 is 0.621 bits per heavy atom. The van der Waals surface area contributed by atoms with Crippen LogP contribution in [-0.2, 0) is 4.79 Å². The van der Waals surface area contributed by atoms with Gasteiger partial charge in [0, 0.05) is 0 Å². The van der Waals surface area contributed by atoms with Gasteiger partial charge in [-0.2, -0.15) is 0 Å². The van der Waals surface area contributed by atoms with Gasteiger partial charge < -0.3 is 20.6 Å². The highest BCUT2D eigenvalue weighted by molar-refractivity contribution is 5.80. The van der Waals surface area contributed by atoms with Crippen LogP contribution in [0.2, 0.25) is 0 Å². The lowest BCUT2D eigenvalue weighted by atomic mass is 10.0. The second-order valence-electron chi connectivity index (χ2n) is 20.9. The van der Waals surface area contributed by atoms with Crippen LogP contribution in [0.3, 0.4) is 0 Å². The highest BCUT2D eigenvalue weighted by Crippen LogP contribution is 2.18. The molecule has 0 fully saturated rings. The van der Waals surface area contributed by atoms with E-state index in [1.165, 1.54) is 276 Å². The molecule has 0 aromatic heterocycles. The molecule has 0 radical (unpaired) electrons. The number of carbonyl (C=O) groups excluding carboxylic acids is 1. The number of unbranched alkanes of at least 4 members (excludes halogenated alkanes) is 46. The van der Waals surface area contributed by atoms with E-state index in [0.29, 0.717) is 6.42 Å². The minimum absolute atomic E-state index is 0.372. The Hall–Kier alpha value is -1.17. The molecule has 3 unspecified atom stereocenters. The fourth-order valence-electron chi connectivity index (χ4n) is 9.62. The van der Waals surface area contributed by atoms with Crippen LogP contribution in [0.5, 0.6) is 0 Å². The number of nitrogens with one attached hydrogen (secondary N) is 1. The zero-order chi connectivity index (χ0) is 47.9. The molecule has 4 N–H and O–H groups in total. The van der Waals surface area contributed by atoms with Crippen LogP contribution in [0, 0.1) is 0 Å². The maximum Gasteiger partial charge on any atom is 0.249 e. The number of allylic oxidation sites excluding steroid dienone is 3. The van der Waals surface area contributed by atoms with Crippen LogP contribution in [0.25, 0.3) is 0 Å². The first kappa shape index (κ1) is 64.8. The predicted molar refractivity (Wildman–Crippen MR) is 292 cm³/mol. The second kappa shape index (κ2) is 56.4. The van der Waals surface area contributed by atoms with Crippen LogP contribution in [0.1, 0.15) is 335 Å². The quantitative estimate of drug-likeness (QED) is 0.0361. The summed E-state index contributed by atoms with van der Waals surface area (Å²) >= 11 is 0. The Kier molecular flexibility index (Phi) is 55.4. The third-order valence-electron chi connectivity index (χ3n) is 14.3. The van der Waals surface area contributed by atoms with Crippen LogP contribution in [-0.4, -0.2) is 46.1 Å². The number of hydrogen-bond acceptors (Lipinski definition) is 4. The maximum absolute atomic E-state index is 12.6. The van der Waals surface area contributed by atoms with Gasteiger partial charge in [-0.25, -0.2) is 0 Å². The van der Waals surface area contributed by atoms with Crippen LogP contribution in [0.15, 0.2) is 24.3 Å². The molecule has 0 spiro atoms. The summed E-state index contributed by atoms with van der Waals surface area (Å²) in [6.07, 6.45) is 72.8. The fourth-order valence-corrected chi connectivity index (χ4v) is 9.62. The van der Waals surface area contributed by atoms with Gasteiger partial charge in [0.05, 0.1) is 18.8 Å². The summed E-state index contributed by atoms with van der Waals surface area (Å²) in [5.74, 6) is -0.506. The van der Waals surface area contributed by atoms with E-state index < -0.39 is 24.2 Å². The molecule has 0 saturated heterocycles. The lowest BCUT2D eigenvalue weighted by molar-refractivity contribution is -0.131. The van der Waals surface area contributed by atoms with Gasteiger partial charge in [-0.15, -0.1) is 0 Å². The minimum Gasteiger partial charge on any atom is -0.394 e. The first-order valence-electron chi connectivity index (χ1n) is 30.2. The molecule has 5 nitrogen and oxygen atoms in total. The number of aliphatic hydroxyl groups excluding tert-OH is 3. The van der Waals surface area contributed by atoms with E-state index in [0.717, 1.165) is 38.5 Å². The first-order valence-corrected chi connectivity index (χ1v) is 30.2. The highest BCUT2D eigenvalue weighted by Gasteiger charge is 2.22. The van der Waals surface area contributed by atoms with Crippen molar-refractivity contribution >= 4 is 5.91 Å². The van der Waals surface area contributed by atoms with Gasteiger partial charge in [0.2, 0.25) is 5.91 Å². The van der Waals surface area contributed by atoms with Crippen LogP contribution >= 0.6 is 0 Å². The van der Waals surface area contributed by atoms with Gasteiger partial charge in [-0.1, -0.05) is 327 Å². The van der Waals surface area contributed by atoms with Gasteiger partial charge in [0.25, 0.3) is 0 Å². The number of rotatable bonds is 56. The van der Waals surface area contributed by atoms with Gasteiger partial charge in [-0.05, 0) is 32.1 Å². The molecule has 0 aromatic rings. The Labute approximate surface area is 413 Å². The highest BCUT2D eigenvalue weighted by atomic mass is 16.3. The Balaban J connectivity index is 3.54. The van der Waals surface area contributed by atoms with E-state index in [1.807, 2.05) is 6.08 Å². The summed E-state index contributed by atoms with van der Waals surface area (Å²) in [7, 11) is 0. The molecule has 3 atom stereocenters. The summed E-state index contributed by atoms with van der Waals surface area (Å²) in [5.41, 5.74) is 0. The zero-order valence-corrected chi connectivity index (χ0v) is 44.9. The largest absolute Gasteiger partial charge is 0.394 e. The summed E-state index contributed by atoms with van der Waals surface area (Å²) < 4.78 is 0. The topological polar surface area (TPSA) is 89.8 Å². The van der Waals surface area contributed by atoms with Crippen LogP contribution in [0.4, 0.5) is 0 Å². The molecule has 0 aromatic carbocycles. The molecule has 0 saturated carbocycles. The SMILES string of the molecule is CCCCCCCCCCCCCCCCCCC/C=C/CC/C=C/C(O)C(CO)NC(=O)C(O)CCCCCCCCCCCCCCCCCCCCCCCCCCCCCCC. The Morgan fingerprint density at radius 3 is 0.924 bits per heavy atom. The van der Waals surface area contributed by atoms with E-state index >= 15 is 0 Å². The average Bonchev–Trinajstić information content (AvgIpc) is 3.32. The summed E-state index contributed by atoms with van der Waals surface area (Å²) in [4.78, 5) is 12.6. The van der Waals surface area contributed by atoms with E-state index in [-0.39, 0.29) is 6.61 Å². The summed E-state index contributed by atoms with van der Waals surface area (Å²) in [5, 5.41) is 33.4. The van der Waals surface area contributed by atoms with Crippen molar-refractivity contribution in [3.8, 4) is 0 Å². The van der Waals surface area contributed by atoms with Crippen molar-refractivity contribution in [3.05, 3.63) is 24.3 Å². The zero-order valence-electron chi connectivity index (χ0n) is 44.9. The van der Waals surface area contributed by atoms with Gasteiger partial charge in [0.15, 0.2) is 0 Å². The third-order valence-corrected chi connectivity index (χ3v) is 14.3. The number of carbonyl (C=O) groups is 1. The van der Waals surface area contributed by atoms with Crippen molar-refractivity contribution in [3.63, 3.8) is 0 Å². The molecule has 0 bridgehead atoms. The van der Waals surface area contributed by atoms with Crippen LogP contribution < -0.4 is 5.32 Å². The molecule has 0 aliphatic rings. The van der Waals surface area contributed by atoms with Crippen molar-refractivity contribution in [1.82, 2.24) is 5.32 Å². The molecule has 66 heavy (non-hydrogen) atoms. The first-order chi connectivity index (χ1) is 32.6. The summed E-state index contributed by atoms with van der Waals surface area (Å²) in [6, 6.07) is -0.813. The molecule has 0 aliphatic carbocycles. The lowest BCUT2D eigenvalue weighted by Gasteiger charge is -2.21. The molecular formula is C61H119NO4. The number of amides is 1. The van der Waals surface area contributed by atoms with Crippen molar-refractivity contribution in [2.45, 2.75) is 353 Å². The molecule has 1 amide bonds. The van der Waals surface area contributed by atoms with E-state index in [9.17, 15) is 20.1 Å². The second-order valence-corrected chi connectivity index (χ2v) is 20.9. The standard InChI is InChI=1S/C61H119NO4/c1-3-5-7-9-11-13-15-17-19-21-23-25-27-28-29-30-31-32-34-36-38-40-42-44-46-48-50-52-54-56-60(65)61(66)62-58(57-63)59(64)55-53-51-49-47-45-43-41-39-37-35-33-26-24-22-20-18-16-14-12-10-8-6-4-2/h45,47,53,55,58-60,63-65H,3-44,46,48-52,54,56-57H2,1-2H3,(H,62,66)/b47-45+,55-53+. The van der Waals surface area contributed by atoms with E-state index in [4.69, 9.17) is 0 Å². The molecular weight excluding hydrogens is 811 g/mol. The van der Waals surface area contributed by atoms with Gasteiger partial charge in [-0.3, -0.25) is 4.79 Å². The number of hydrogen-bond donors (Lipinski definition) is 4. The van der Waals surface area contributed by atoms with E-state index in [1.54, 1.807) is 6.08 Å².